The third kappa shape index (κ3) is 37.1. The second kappa shape index (κ2) is 51.6. The topological polar surface area (TPSA) is 561 Å². The molecule has 4 rings (SSSR count). The van der Waals surface area contributed by atoms with Crippen molar-refractivity contribution in [3.63, 3.8) is 0 Å². The lowest BCUT2D eigenvalue weighted by Gasteiger charge is -2.42. The molecule has 4 aliphatic heterocycles. The first-order valence-electron chi connectivity index (χ1n) is 36.4. The van der Waals surface area contributed by atoms with Gasteiger partial charge in [0.05, 0.1) is 145 Å². The molecular weight excluding hydrogens is 1460 g/mol. The van der Waals surface area contributed by atoms with Crippen LogP contribution in [-0.2, 0) is 104 Å². The Morgan fingerprint density at radius 2 is 0.824 bits per heavy atom. The van der Waals surface area contributed by atoms with Crippen LogP contribution < -0.4 is 36.8 Å². The molecule has 4 fully saturated rings. The molecule has 15 N–H and O–H groups in total. The maximum absolute atomic E-state index is 14.0. The SMILES string of the molecule is CC(=O)NC1C(OCCOCCOCCNC(=O)CN(CCCN(CC(=O)NCCOCCOCCOC2OC(CO)C(O)C(O)C2NC(C)=O)C(=O)CCCC(=O)N2CCC(OP(=O)([O-])CC(C)(C)C)CC2)CC(=O)NCCOCCOCCOC2OC(CO)C(O)C(O)C2NC(C)=O)OC(CO)C(O)C1O. The van der Waals surface area contributed by atoms with Crippen LogP contribution in [0, 0.1) is 5.41 Å². The zero-order chi connectivity index (χ0) is 79.8. The minimum Gasteiger partial charge on any atom is -0.778 e. The number of nitrogens with one attached hydrogen (secondary N) is 6. The van der Waals surface area contributed by atoms with E-state index in [0.717, 1.165) is 0 Å². The molecule has 0 spiro atoms. The van der Waals surface area contributed by atoms with Crippen LogP contribution in [0.1, 0.15) is 80.1 Å². The van der Waals surface area contributed by atoms with Crippen molar-refractivity contribution < 1.29 is 155 Å². The molecular formula is C66H119N9O32P-. The summed E-state index contributed by atoms with van der Waals surface area (Å²) in [5, 5.41) is 107. The number of nitrogens with zero attached hydrogens (tertiary/aromatic N) is 3. The fourth-order valence-electron chi connectivity index (χ4n) is 11.8. The zero-order valence-electron chi connectivity index (χ0n) is 62.7. The van der Waals surface area contributed by atoms with E-state index >= 15 is 0 Å². The average molecular weight is 1580 g/mol. The van der Waals surface area contributed by atoms with Gasteiger partial charge < -0.3 is 158 Å². The maximum Gasteiger partial charge on any atom is 0.239 e. The predicted octanol–water partition coefficient (Wildman–Crippen LogP) is -8.39. The Hall–Kier alpha value is -4.97. The number of piperidine rings is 1. The highest BCUT2D eigenvalue weighted by Gasteiger charge is 2.48. The summed E-state index contributed by atoms with van der Waals surface area (Å²) in [6.45, 7) is 7.39. The summed E-state index contributed by atoms with van der Waals surface area (Å²) >= 11 is 0. The number of aliphatic hydroxyl groups is 9. The van der Waals surface area contributed by atoms with Crippen LogP contribution in [0.25, 0.3) is 0 Å². The van der Waals surface area contributed by atoms with Crippen molar-refractivity contribution in [2.75, 3.05) is 191 Å². The number of aliphatic hydroxyl groups excluding tert-OH is 9. The van der Waals surface area contributed by atoms with Crippen LogP contribution in [0.4, 0.5) is 0 Å². The first kappa shape index (κ1) is 95.4. The Morgan fingerprint density at radius 3 is 1.17 bits per heavy atom. The standard InChI is InChI=1S/C66H120N9O32P/c1-42(79)70-54-60(90)57(87)46(38-76)104-63(54)101-32-29-98-26-23-95-20-13-67-49(82)35-73(36-50(83)68-14-21-96-24-27-99-30-33-102-64-55(71-43(2)80)61(91)58(88)47(39-77)105-64)16-8-17-75(53(86)10-7-9-52(85)74-18-11-45(12-19-74)107-108(93,94)41-66(4,5)6)37-51(84)69-15-22-97-25-28-100-31-34-103-65-56(72-44(3)81)62(92)59(89)48(40-78)106-65/h45-48,54-65,76-78,87-92H,7-41H2,1-6H3,(H,67,82)(H,68,83)(H,69,84)(H,70,79)(H,71,80)(H,72,81)(H,93,94)/p-1. The number of rotatable bonds is 53. The van der Waals surface area contributed by atoms with Crippen molar-refractivity contribution in [3.05, 3.63) is 0 Å². The van der Waals surface area contributed by atoms with Gasteiger partial charge in [0.15, 0.2) is 18.9 Å². The van der Waals surface area contributed by atoms with Crippen LogP contribution in [0.15, 0.2) is 0 Å². The monoisotopic (exact) mass is 1580 g/mol. The molecule has 8 amide bonds. The summed E-state index contributed by atoms with van der Waals surface area (Å²) in [5.74, 6) is -3.78. The number of carbonyl (C=O) groups is 8. The third-order valence-corrected chi connectivity index (χ3v) is 18.9. The van der Waals surface area contributed by atoms with E-state index in [-0.39, 0.29) is 196 Å². The second-order valence-corrected chi connectivity index (χ2v) is 29.1. The van der Waals surface area contributed by atoms with Crippen LogP contribution in [0.3, 0.4) is 0 Å². The van der Waals surface area contributed by atoms with Crippen molar-refractivity contribution >= 4 is 54.9 Å². The van der Waals surface area contributed by atoms with Crippen molar-refractivity contribution in [1.82, 2.24) is 46.6 Å². The highest BCUT2D eigenvalue weighted by molar-refractivity contribution is 7.51. The molecule has 0 bridgehead atoms. The summed E-state index contributed by atoms with van der Waals surface area (Å²) in [4.78, 5) is 120. The first-order valence-corrected chi connectivity index (χ1v) is 38.2. The Kier molecular flexibility index (Phi) is 45.6. The van der Waals surface area contributed by atoms with Crippen molar-refractivity contribution in [3.8, 4) is 0 Å². The molecule has 4 aliphatic rings. The van der Waals surface area contributed by atoms with E-state index in [1.54, 1.807) is 25.7 Å². The predicted molar refractivity (Wildman–Crippen MR) is 372 cm³/mol. The third-order valence-electron chi connectivity index (χ3n) is 17.0. The molecule has 4 saturated heterocycles. The normalized spacial score (nSPS) is 26.1. The van der Waals surface area contributed by atoms with E-state index in [1.165, 1.54) is 30.6 Å². The van der Waals surface area contributed by atoms with Gasteiger partial charge in [-0.1, -0.05) is 20.8 Å². The molecule has 0 saturated carbocycles. The van der Waals surface area contributed by atoms with Gasteiger partial charge in [-0.25, -0.2) is 0 Å². The molecule has 0 aromatic heterocycles. The van der Waals surface area contributed by atoms with Gasteiger partial charge in [0.2, 0.25) is 47.3 Å². The molecule has 4 heterocycles. The lowest BCUT2D eigenvalue weighted by Crippen LogP contribution is -2.64. The summed E-state index contributed by atoms with van der Waals surface area (Å²) in [6, 6.07) is -3.38. The van der Waals surface area contributed by atoms with E-state index in [2.05, 4.69) is 31.9 Å². The van der Waals surface area contributed by atoms with Crippen LogP contribution >= 0.6 is 7.60 Å². The molecule has 16 unspecified atom stereocenters. The molecule has 0 aliphatic carbocycles. The first-order chi connectivity index (χ1) is 51.4. The molecule has 0 aromatic carbocycles. The van der Waals surface area contributed by atoms with Crippen molar-refractivity contribution in [2.45, 2.75) is 178 Å². The quantitative estimate of drug-likeness (QED) is 0.0199. The lowest BCUT2D eigenvalue weighted by molar-refractivity contribution is -0.272. The summed E-state index contributed by atoms with van der Waals surface area (Å²) in [5.41, 5.74) is -0.507. The molecule has 108 heavy (non-hydrogen) atoms. The highest BCUT2D eigenvalue weighted by atomic mass is 31.2. The largest absolute Gasteiger partial charge is 0.778 e. The zero-order valence-corrected chi connectivity index (χ0v) is 63.6. The molecule has 42 heteroatoms. The Balaban J connectivity index is 1.31. The summed E-state index contributed by atoms with van der Waals surface area (Å²) in [7, 11) is -4.13. The summed E-state index contributed by atoms with van der Waals surface area (Å²) in [6.07, 6.45) is -16.0. The number of carbonyl (C=O) groups excluding carboxylic acids is 8. The summed E-state index contributed by atoms with van der Waals surface area (Å²) < 4.78 is 85.2. The van der Waals surface area contributed by atoms with Gasteiger partial charge in [0.1, 0.15) is 80.7 Å². The Bertz CT molecular complexity index is 2610. The van der Waals surface area contributed by atoms with Gasteiger partial charge in [-0.2, -0.15) is 0 Å². The number of amides is 8. The molecule has 0 aromatic rings. The minimum absolute atomic E-state index is 0.0216. The number of ether oxygens (including phenoxy) is 12. The van der Waals surface area contributed by atoms with Gasteiger partial charge in [0, 0.05) is 85.6 Å². The van der Waals surface area contributed by atoms with E-state index in [9.17, 15) is 93.8 Å². The second-order valence-electron chi connectivity index (χ2n) is 27.4. The highest BCUT2D eigenvalue weighted by Crippen LogP contribution is 2.45. The molecule has 0 radical (unpaired) electrons. The van der Waals surface area contributed by atoms with Gasteiger partial charge in [-0.15, -0.1) is 0 Å². The van der Waals surface area contributed by atoms with Crippen LogP contribution in [0.5, 0.6) is 0 Å². The van der Waals surface area contributed by atoms with E-state index < -0.39 is 179 Å². The van der Waals surface area contributed by atoms with Gasteiger partial charge in [-0.05, 0) is 31.1 Å². The maximum atomic E-state index is 14.0. The lowest BCUT2D eigenvalue weighted by atomic mass is 9.97. The van der Waals surface area contributed by atoms with E-state index in [0.29, 0.717) is 12.8 Å². The average Bonchev–Trinajstić information content (AvgIpc) is 0.816. The van der Waals surface area contributed by atoms with Crippen molar-refractivity contribution in [1.29, 1.82) is 0 Å². The fourth-order valence-corrected chi connectivity index (χ4v) is 13.7. The van der Waals surface area contributed by atoms with Gasteiger partial charge >= 0.3 is 0 Å². The van der Waals surface area contributed by atoms with Gasteiger partial charge in [0.25, 0.3) is 0 Å². The molecule has 626 valence electrons. The Morgan fingerprint density at radius 1 is 0.481 bits per heavy atom. The van der Waals surface area contributed by atoms with Crippen LogP contribution in [0.2, 0.25) is 0 Å². The smallest absolute Gasteiger partial charge is 0.239 e. The van der Waals surface area contributed by atoms with Gasteiger partial charge in [-0.3, -0.25) is 43.3 Å². The number of hydrogen-bond acceptors (Lipinski definition) is 33. The minimum atomic E-state index is -4.13. The van der Waals surface area contributed by atoms with E-state index in [4.69, 9.17) is 61.4 Å². The fraction of sp³-hybridized carbons (Fsp3) is 0.879. The number of likely N-dealkylation sites (tertiary alicyclic amines) is 1. The molecule has 16 atom stereocenters. The Labute approximate surface area is 628 Å². The van der Waals surface area contributed by atoms with Crippen LogP contribution in [-0.4, -0.2) is 396 Å². The van der Waals surface area contributed by atoms with Crippen molar-refractivity contribution in [2.24, 2.45) is 5.41 Å². The molecule has 41 nitrogen and oxygen atoms in total. The van der Waals surface area contributed by atoms with E-state index in [1.807, 2.05) is 0 Å². The number of hydrogen-bond donors (Lipinski definition) is 15.